The number of aromatic amines is 1. The monoisotopic (exact) mass is 301 g/mol. The smallest absolute Gasteiger partial charge is 0.220 e. The van der Waals surface area contributed by atoms with Crippen LogP contribution in [0.4, 0.5) is 0 Å². The summed E-state index contributed by atoms with van der Waals surface area (Å²) >= 11 is 0. The molecule has 1 amide bonds. The fourth-order valence-corrected chi connectivity index (χ4v) is 2.28. The number of nitrogens with zero attached hydrogens (tertiary/aromatic N) is 1. The summed E-state index contributed by atoms with van der Waals surface area (Å²) in [4.78, 5) is 11.9. The number of hydrogen-bond donors (Lipinski definition) is 2. The fourth-order valence-electron chi connectivity index (χ4n) is 2.28. The van der Waals surface area contributed by atoms with Crippen molar-refractivity contribution in [1.82, 2.24) is 15.5 Å². The molecule has 0 fully saturated rings. The lowest BCUT2D eigenvalue weighted by atomic mass is 10.1. The lowest BCUT2D eigenvalue weighted by Crippen LogP contribution is -2.22. The van der Waals surface area contributed by atoms with Crippen LogP contribution in [0.15, 0.2) is 30.6 Å². The van der Waals surface area contributed by atoms with Crippen molar-refractivity contribution < 1.29 is 14.3 Å². The molecule has 2 aromatic rings. The molecule has 1 aliphatic heterocycles. The van der Waals surface area contributed by atoms with E-state index < -0.39 is 0 Å². The number of hydrogen-bond acceptors (Lipinski definition) is 4. The average molecular weight is 301 g/mol. The Kier molecular flexibility index (Phi) is 4.58. The van der Waals surface area contributed by atoms with Crippen LogP contribution in [-0.4, -0.2) is 29.3 Å². The van der Waals surface area contributed by atoms with Gasteiger partial charge in [-0.3, -0.25) is 9.89 Å². The summed E-state index contributed by atoms with van der Waals surface area (Å²) < 4.78 is 11.2. The van der Waals surface area contributed by atoms with Gasteiger partial charge in [-0.25, -0.2) is 0 Å². The Hall–Kier alpha value is -2.50. The van der Waals surface area contributed by atoms with Gasteiger partial charge in [0, 0.05) is 25.6 Å². The molecule has 1 aromatic heterocycles. The van der Waals surface area contributed by atoms with Crippen LogP contribution in [0.2, 0.25) is 0 Å². The molecule has 0 atom stereocenters. The maximum atomic E-state index is 11.9. The average Bonchev–Trinajstić information content (AvgIpc) is 2.95. The Balaban J connectivity index is 1.50. The van der Waals surface area contributed by atoms with E-state index in [1.165, 1.54) is 0 Å². The molecule has 0 saturated carbocycles. The van der Waals surface area contributed by atoms with Crippen molar-refractivity contribution in [1.29, 1.82) is 0 Å². The van der Waals surface area contributed by atoms with Gasteiger partial charge in [0.1, 0.15) is 0 Å². The highest BCUT2D eigenvalue weighted by molar-refractivity contribution is 5.76. The Morgan fingerprint density at radius 3 is 2.91 bits per heavy atom. The molecule has 0 spiro atoms. The molecule has 0 radical (unpaired) electrons. The van der Waals surface area contributed by atoms with E-state index in [0.29, 0.717) is 32.6 Å². The van der Waals surface area contributed by atoms with E-state index in [1.807, 2.05) is 18.2 Å². The Morgan fingerprint density at radius 2 is 2.09 bits per heavy atom. The van der Waals surface area contributed by atoms with Crippen LogP contribution in [0.3, 0.4) is 0 Å². The highest BCUT2D eigenvalue weighted by Crippen LogP contribution is 2.30. The number of nitrogens with one attached hydrogen (secondary N) is 2. The highest BCUT2D eigenvalue weighted by atomic mass is 16.5. The first-order chi connectivity index (χ1) is 10.8. The van der Waals surface area contributed by atoms with Crippen molar-refractivity contribution in [3.05, 3.63) is 41.7 Å². The number of carbonyl (C=O) groups excluding carboxylic acids is 1. The minimum absolute atomic E-state index is 0.0216. The maximum absolute atomic E-state index is 11.9. The van der Waals surface area contributed by atoms with Gasteiger partial charge in [-0.2, -0.15) is 5.10 Å². The van der Waals surface area contributed by atoms with Gasteiger partial charge >= 0.3 is 0 Å². The van der Waals surface area contributed by atoms with Gasteiger partial charge in [0.25, 0.3) is 0 Å². The number of benzene rings is 1. The van der Waals surface area contributed by atoms with Crippen molar-refractivity contribution >= 4 is 5.91 Å². The first kappa shape index (κ1) is 14.4. The second kappa shape index (κ2) is 6.98. The summed E-state index contributed by atoms with van der Waals surface area (Å²) in [5, 5.41) is 9.52. The topological polar surface area (TPSA) is 76.2 Å². The molecule has 0 unspecified atom stereocenters. The lowest BCUT2D eigenvalue weighted by Gasteiger charge is -2.10. The number of amides is 1. The van der Waals surface area contributed by atoms with Crippen LogP contribution in [0.25, 0.3) is 0 Å². The molecule has 0 aliphatic carbocycles. The SMILES string of the molecule is O=C(CCc1cn[nH]c1)NCc1ccc2c(c1)OCCCO2. The van der Waals surface area contributed by atoms with Crippen molar-refractivity contribution in [2.75, 3.05) is 13.2 Å². The van der Waals surface area contributed by atoms with Crippen molar-refractivity contribution in [3.63, 3.8) is 0 Å². The third-order valence-corrected chi connectivity index (χ3v) is 3.50. The predicted molar refractivity (Wildman–Crippen MR) is 80.8 cm³/mol. The van der Waals surface area contributed by atoms with E-state index in [4.69, 9.17) is 9.47 Å². The highest BCUT2D eigenvalue weighted by Gasteiger charge is 2.11. The summed E-state index contributed by atoms with van der Waals surface area (Å²) in [7, 11) is 0. The van der Waals surface area contributed by atoms with Crippen LogP contribution in [0, 0.1) is 0 Å². The van der Waals surface area contributed by atoms with Crippen LogP contribution in [-0.2, 0) is 17.8 Å². The molecular weight excluding hydrogens is 282 g/mol. The number of ether oxygens (including phenoxy) is 2. The molecule has 3 rings (SSSR count). The van der Waals surface area contributed by atoms with Gasteiger partial charge in [0.15, 0.2) is 11.5 Å². The summed E-state index contributed by atoms with van der Waals surface area (Å²) in [6, 6.07) is 5.77. The number of rotatable bonds is 5. The number of carbonyl (C=O) groups is 1. The fraction of sp³-hybridized carbons (Fsp3) is 0.375. The molecular formula is C16H19N3O3. The Morgan fingerprint density at radius 1 is 1.23 bits per heavy atom. The first-order valence-corrected chi connectivity index (χ1v) is 7.44. The third kappa shape index (κ3) is 3.78. The molecule has 1 aliphatic rings. The van der Waals surface area contributed by atoms with E-state index in [0.717, 1.165) is 29.0 Å². The Labute approximate surface area is 128 Å². The van der Waals surface area contributed by atoms with Gasteiger partial charge in [-0.1, -0.05) is 6.07 Å². The van der Waals surface area contributed by atoms with E-state index >= 15 is 0 Å². The van der Waals surface area contributed by atoms with E-state index in [2.05, 4.69) is 15.5 Å². The van der Waals surface area contributed by atoms with Gasteiger partial charge in [-0.15, -0.1) is 0 Å². The standard InChI is InChI=1S/C16H19N3O3/c20-16(5-3-13-10-18-19-11-13)17-9-12-2-4-14-15(8-12)22-7-1-6-21-14/h2,4,8,10-11H,1,3,5-7,9H2,(H,17,20)(H,18,19). The molecule has 0 bridgehead atoms. The third-order valence-electron chi connectivity index (χ3n) is 3.50. The molecule has 2 N–H and O–H groups in total. The molecule has 116 valence electrons. The first-order valence-electron chi connectivity index (χ1n) is 7.44. The number of aromatic nitrogens is 2. The summed E-state index contributed by atoms with van der Waals surface area (Å²) in [5.74, 6) is 1.54. The molecule has 2 heterocycles. The molecule has 0 saturated heterocycles. The van der Waals surface area contributed by atoms with E-state index in [1.54, 1.807) is 12.4 Å². The molecule has 1 aromatic carbocycles. The minimum Gasteiger partial charge on any atom is -0.490 e. The van der Waals surface area contributed by atoms with Gasteiger partial charge in [0.2, 0.25) is 5.91 Å². The van der Waals surface area contributed by atoms with Gasteiger partial charge in [0.05, 0.1) is 19.4 Å². The molecule has 6 nitrogen and oxygen atoms in total. The zero-order valence-corrected chi connectivity index (χ0v) is 12.3. The molecule has 6 heteroatoms. The second-order valence-corrected chi connectivity index (χ2v) is 5.21. The van der Waals surface area contributed by atoms with Gasteiger partial charge in [-0.05, 0) is 29.7 Å². The largest absolute Gasteiger partial charge is 0.490 e. The van der Waals surface area contributed by atoms with Crippen LogP contribution >= 0.6 is 0 Å². The van der Waals surface area contributed by atoms with E-state index in [9.17, 15) is 4.79 Å². The number of fused-ring (bicyclic) bond motifs is 1. The Bertz CT molecular complexity index is 626. The minimum atomic E-state index is 0.0216. The van der Waals surface area contributed by atoms with Gasteiger partial charge < -0.3 is 14.8 Å². The summed E-state index contributed by atoms with van der Waals surface area (Å²) in [6.45, 7) is 1.82. The van der Waals surface area contributed by atoms with Crippen molar-refractivity contribution in [3.8, 4) is 11.5 Å². The van der Waals surface area contributed by atoms with Crippen LogP contribution < -0.4 is 14.8 Å². The van der Waals surface area contributed by atoms with Crippen LogP contribution in [0.1, 0.15) is 24.0 Å². The normalized spacial score (nSPS) is 13.5. The second-order valence-electron chi connectivity index (χ2n) is 5.21. The van der Waals surface area contributed by atoms with Crippen LogP contribution in [0.5, 0.6) is 11.5 Å². The predicted octanol–water partition coefficient (Wildman–Crippen LogP) is 1.82. The number of H-pyrrole nitrogens is 1. The lowest BCUT2D eigenvalue weighted by molar-refractivity contribution is -0.121. The number of aryl methyl sites for hydroxylation is 1. The summed E-state index contributed by atoms with van der Waals surface area (Å²) in [5.41, 5.74) is 2.03. The van der Waals surface area contributed by atoms with E-state index in [-0.39, 0.29) is 5.91 Å². The maximum Gasteiger partial charge on any atom is 0.220 e. The summed E-state index contributed by atoms with van der Waals surface area (Å²) in [6.07, 6.45) is 5.55. The van der Waals surface area contributed by atoms with Crippen molar-refractivity contribution in [2.45, 2.75) is 25.8 Å². The zero-order valence-electron chi connectivity index (χ0n) is 12.3. The molecule has 22 heavy (non-hydrogen) atoms. The zero-order chi connectivity index (χ0) is 15.2. The quantitative estimate of drug-likeness (QED) is 0.883. The van der Waals surface area contributed by atoms with Crippen molar-refractivity contribution in [2.24, 2.45) is 0 Å².